The first kappa shape index (κ1) is 17.8. The van der Waals surface area contributed by atoms with E-state index in [0.717, 1.165) is 33.7 Å². The van der Waals surface area contributed by atoms with Crippen LogP contribution in [0.3, 0.4) is 0 Å². The lowest BCUT2D eigenvalue weighted by molar-refractivity contribution is 0.0929. The molecule has 1 amide bonds. The minimum absolute atomic E-state index is 0.266. The van der Waals surface area contributed by atoms with Crippen molar-refractivity contribution in [3.63, 3.8) is 0 Å². The van der Waals surface area contributed by atoms with Gasteiger partial charge < -0.3 is 8.94 Å². The van der Waals surface area contributed by atoms with Crippen LogP contribution in [0.15, 0.2) is 50.4 Å². The summed E-state index contributed by atoms with van der Waals surface area (Å²) in [5.74, 6) is 1.34. The Kier molecular flexibility index (Phi) is 4.35. The first-order valence-electron chi connectivity index (χ1n) is 8.90. The van der Waals surface area contributed by atoms with Crippen LogP contribution in [0.4, 0.5) is 0 Å². The number of nitrogens with zero attached hydrogens (tertiary/aromatic N) is 3. The summed E-state index contributed by atoms with van der Waals surface area (Å²) in [5, 5.41) is 9.08. The average molecular weight is 376 g/mol. The van der Waals surface area contributed by atoms with Gasteiger partial charge in [0.05, 0.1) is 6.21 Å². The fraction of sp³-hybridized carbons (Fsp3) is 0.190. The molecule has 0 saturated carbocycles. The van der Waals surface area contributed by atoms with Gasteiger partial charge in [-0.15, -0.1) is 0 Å². The van der Waals surface area contributed by atoms with Crippen LogP contribution < -0.4 is 5.43 Å². The maximum atomic E-state index is 12.5. The number of aryl methyl sites for hydroxylation is 3. The van der Waals surface area contributed by atoms with Gasteiger partial charge in [-0.2, -0.15) is 5.10 Å². The van der Waals surface area contributed by atoms with Crippen molar-refractivity contribution in [2.75, 3.05) is 0 Å². The van der Waals surface area contributed by atoms with Crippen molar-refractivity contribution in [3.05, 3.63) is 70.4 Å². The molecular formula is C21H20N4O3. The first-order chi connectivity index (χ1) is 13.5. The number of fused-ring (bicyclic) bond motifs is 1. The van der Waals surface area contributed by atoms with E-state index in [1.165, 1.54) is 0 Å². The number of hydrogen-bond acceptors (Lipinski definition) is 5. The number of carbonyl (C=O) groups is 1. The second-order valence-corrected chi connectivity index (χ2v) is 6.71. The number of aromatic nitrogens is 2. The maximum absolute atomic E-state index is 12.5. The summed E-state index contributed by atoms with van der Waals surface area (Å²) < 4.78 is 12.8. The molecule has 0 bridgehead atoms. The molecule has 0 unspecified atom stereocenters. The number of nitrogens with one attached hydrogen (secondary N) is 1. The molecule has 28 heavy (non-hydrogen) atoms. The third kappa shape index (κ3) is 3.00. The smallest absolute Gasteiger partial charge is 0.307 e. The van der Waals surface area contributed by atoms with Gasteiger partial charge in [0.25, 0.3) is 0 Å². The second-order valence-electron chi connectivity index (χ2n) is 6.71. The van der Waals surface area contributed by atoms with Gasteiger partial charge >= 0.3 is 5.91 Å². The van der Waals surface area contributed by atoms with Gasteiger partial charge in [-0.1, -0.05) is 23.4 Å². The number of carbonyl (C=O) groups excluding carboxylic acids is 1. The third-order valence-electron chi connectivity index (χ3n) is 4.73. The van der Waals surface area contributed by atoms with Gasteiger partial charge in [-0.05, 0) is 39.8 Å². The molecule has 7 heteroatoms. The summed E-state index contributed by atoms with van der Waals surface area (Å²) in [6.07, 6.45) is 1.61. The van der Waals surface area contributed by atoms with E-state index in [1.807, 2.05) is 68.7 Å². The number of benzene rings is 1. The highest BCUT2D eigenvalue weighted by Gasteiger charge is 2.17. The predicted octanol–water partition coefficient (Wildman–Crippen LogP) is 4.21. The molecule has 0 radical (unpaired) electrons. The zero-order valence-electron chi connectivity index (χ0n) is 16.1. The standard InChI is InChI=1S/C21H20N4O3/c1-12-9-16(15(4)25(12)19-10-13(2)28-24-19)11-22-23-21(26)20-14(3)17-7-5-6-8-18(17)27-20/h5-11H,1-4H3,(H,23,26)/b22-11-. The Morgan fingerprint density at radius 3 is 2.68 bits per heavy atom. The van der Waals surface area contributed by atoms with Crippen LogP contribution in [0.25, 0.3) is 16.8 Å². The van der Waals surface area contributed by atoms with Crippen LogP contribution in [0.1, 0.15) is 38.8 Å². The van der Waals surface area contributed by atoms with Gasteiger partial charge in [0.15, 0.2) is 11.6 Å². The van der Waals surface area contributed by atoms with Crippen molar-refractivity contribution < 1.29 is 13.7 Å². The third-order valence-corrected chi connectivity index (χ3v) is 4.73. The Labute approximate surface area is 161 Å². The molecule has 7 nitrogen and oxygen atoms in total. The largest absolute Gasteiger partial charge is 0.451 e. The molecule has 0 fully saturated rings. The summed E-state index contributed by atoms with van der Waals surface area (Å²) in [5.41, 5.74) is 6.83. The van der Waals surface area contributed by atoms with E-state index in [9.17, 15) is 4.79 Å². The first-order valence-corrected chi connectivity index (χ1v) is 8.90. The minimum Gasteiger partial charge on any atom is -0.451 e. The zero-order chi connectivity index (χ0) is 19.8. The van der Waals surface area contributed by atoms with Crippen molar-refractivity contribution in [1.29, 1.82) is 0 Å². The summed E-state index contributed by atoms with van der Waals surface area (Å²) in [7, 11) is 0. The number of rotatable bonds is 4. The van der Waals surface area contributed by atoms with E-state index in [-0.39, 0.29) is 11.7 Å². The molecule has 3 aromatic heterocycles. The molecule has 142 valence electrons. The maximum Gasteiger partial charge on any atom is 0.307 e. The summed E-state index contributed by atoms with van der Waals surface area (Å²) >= 11 is 0. The summed E-state index contributed by atoms with van der Waals surface area (Å²) in [4.78, 5) is 12.5. The molecule has 1 aromatic carbocycles. The number of hydrazone groups is 1. The monoisotopic (exact) mass is 376 g/mol. The van der Waals surface area contributed by atoms with E-state index in [1.54, 1.807) is 6.21 Å². The molecule has 1 N–H and O–H groups in total. The fourth-order valence-electron chi connectivity index (χ4n) is 3.33. The number of amides is 1. The van der Waals surface area contributed by atoms with E-state index in [0.29, 0.717) is 11.4 Å². The van der Waals surface area contributed by atoms with E-state index >= 15 is 0 Å². The predicted molar refractivity (Wildman–Crippen MR) is 106 cm³/mol. The number of para-hydroxylation sites is 1. The van der Waals surface area contributed by atoms with Crippen LogP contribution in [-0.4, -0.2) is 21.8 Å². The van der Waals surface area contributed by atoms with E-state index < -0.39 is 0 Å². The van der Waals surface area contributed by atoms with E-state index in [4.69, 9.17) is 8.94 Å². The lowest BCUT2D eigenvalue weighted by Crippen LogP contribution is -2.17. The zero-order valence-corrected chi connectivity index (χ0v) is 16.1. The van der Waals surface area contributed by atoms with Gasteiger partial charge in [0.1, 0.15) is 11.3 Å². The van der Waals surface area contributed by atoms with Crippen LogP contribution in [0.5, 0.6) is 0 Å². The topological polar surface area (TPSA) is 85.6 Å². The van der Waals surface area contributed by atoms with Crippen LogP contribution in [0.2, 0.25) is 0 Å². The van der Waals surface area contributed by atoms with Crippen molar-refractivity contribution in [1.82, 2.24) is 15.1 Å². The summed E-state index contributed by atoms with van der Waals surface area (Å²) in [6.45, 7) is 7.65. The SMILES string of the molecule is Cc1cc(-n2c(C)cc(/C=N\NC(=O)c3oc4ccccc4c3C)c2C)no1. The van der Waals surface area contributed by atoms with Gasteiger partial charge in [-0.25, -0.2) is 5.43 Å². The van der Waals surface area contributed by atoms with Crippen LogP contribution in [0, 0.1) is 27.7 Å². The van der Waals surface area contributed by atoms with Crippen molar-refractivity contribution in [3.8, 4) is 5.82 Å². The Bertz CT molecular complexity index is 1210. The van der Waals surface area contributed by atoms with Crippen molar-refractivity contribution in [2.24, 2.45) is 5.10 Å². The molecule has 0 atom stereocenters. The highest BCUT2D eigenvalue weighted by atomic mass is 16.5. The van der Waals surface area contributed by atoms with E-state index in [2.05, 4.69) is 15.7 Å². The molecule has 4 rings (SSSR count). The lowest BCUT2D eigenvalue weighted by atomic mass is 10.1. The molecule has 4 aromatic rings. The Balaban J connectivity index is 1.55. The second kappa shape index (κ2) is 6.84. The van der Waals surface area contributed by atoms with Gasteiger partial charge in [-0.3, -0.25) is 9.36 Å². The lowest BCUT2D eigenvalue weighted by Gasteiger charge is -2.03. The van der Waals surface area contributed by atoms with Crippen LogP contribution >= 0.6 is 0 Å². The minimum atomic E-state index is -0.383. The van der Waals surface area contributed by atoms with Crippen molar-refractivity contribution >= 4 is 23.1 Å². The molecule has 0 saturated heterocycles. The van der Waals surface area contributed by atoms with Crippen LogP contribution in [-0.2, 0) is 0 Å². The molecule has 0 spiro atoms. The van der Waals surface area contributed by atoms with Gasteiger partial charge in [0, 0.05) is 34.0 Å². The average Bonchev–Trinajstić information content (AvgIpc) is 3.32. The molecule has 3 heterocycles. The molecule has 0 aliphatic rings. The Hall–Kier alpha value is -3.61. The highest BCUT2D eigenvalue weighted by molar-refractivity contribution is 5.99. The van der Waals surface area contributed by atoms with Crippen molar-refractivity contribution in [2.45, 2.75) is 27.7 Å². The normalized spacial score (nSPS) is 11.6. The molecular weight excluding hydrogens is 356 g/mol. The molecule has 0 aliphatic carbocycles. The Morgan fingerprint density at radius 2 is 1.96 bits per heavy atom. The quantitative estimate of drug-likeness (QED) is 0.427. The number of furan rings is 1. The molecule has 0 aliphatic heterocycles. The Morgan fingerprint density at radius 1 is 1.18 bits per heavy atom. The van der Waals surface area contributed by atoms with Gasteiger partial charge in [0.2, 0.25) is 0 Å². The highest BCUT2D eigenvalue weighted by Crippen LogP contribution is 2.24. The fourth-order valence-corrected chi connectivity index (χ4v) is 3.33. The number of hydrogen-bond donors (Lipinski definition) is 1. The summed E-state index contributed by atoms with van der Waals surface area (Å²) in [6, 6.07) is 11.4.